The predicted octanol–water partition coefficient (Wildman–Crippen LogP) is 2.48. The number of esters is 1. The molecule has 0 saturated carbocycles. The Balaban J connectivity index is 3.05. The zero-order valence-corrected chi connectivity index (χ0v) is 11.3. The monoisotopic (exact) mass is 267 g/mol. The number of hydrogen-bond donors (Lipinski definition) is 1. The number of halogens is 1. The van der Waals surface area contributed by atoms with Crippen LogP contribution in [-0.4, -0.2) is 18.7 Å². The SMILES string of the molecule is CCOC(=O)/C(N)=C/c1ccc(F)cc1OC(C)C. The number of carbonyl (C=O) groups is 1. The molecule has 0 saturated heterocycles. The van der Waals surface area contributed by atoms with Gasteiger partial charge in [0.25, 0.3) is 0 Å². The molecule has 0 amide bonds. The van der Waals surface area contributed by atoms with Gasteiger partial charge in [0.15, 0.2) is 0 Å². The number of hydrogen-bond acceptors (Lipinski definition) is 4. The lowest BCUT2D eigenvalue weighted by molar-refractivity contribution is -0.138. The Morgan fingerprint density at radius 2 is 2.16 bits per heavy atom. The standard InChI is InChI=1S/C14H18FNO3/c1-4-18-14(17)12(16)7-10-5-6-11(15)8-13(10)19-9(2)3/h5-9H,4,16H2,1-3H3/b12-7-. The van der Waals surface area contributed by atoms with Crippen molar-refractivity contribution in [3.8, 4) is 5.75 Å². The molecule has 2 N–H and O–H groups in total. The van der Waals surface area contributed by atoms with E-state index in [9.17, 15) is 9.18 Å². The van der Waals surface area contributed by atoms with Crippen LogP contribution >= 0.6 is 0 Å². The van der Waals surface area contributed by atoms with Crippen molar-refractivity contribution in [1.82, 2.24) is 0 Å². The first-order chi connectivity index (χ1) is 8.93. The van der Waals surface area contributed by atoms with Gasteiger partial charge in [0.1, 0.15) is 17.3 Å². The number of ether oxygens (including phenoxy) is 2. The number of nitrogens with two attached hydrogens (primary N) is 1. The lowest BCUT2D eigenvalue weighted by atomic mass is 10.1. The van der Waals surface area contributed by atoms with Crippen LogP contribution < -0.4 is 10.5 Å². The van der Waals surface area contributed by atoms with Gasteiger partial charge in [-0.1, -0.05) is 0 Å². The van der Waals surface area contributed by atoms with Gasteiger partial charge in [-0.25, -0.2) is 9.18 Å². The van der Waals surface area contributed by atoms with Crippen molar-refractivity contribution in [2.75, 3.05) is 6.61 Å². The van der Waals surface area contributed by atoms with Crippen molar-refractivity contribution < 1.29 is 18.7 Å². The molecule has 1 aromatic carbocycles. The molecule has 0 aromatic heterocycles. The van der Waals surface area contributed by atoms with Crippen LogP contribution in [0.5, 0.6) is 5.75 Å². The summed E-state index contributed by atoms with van der Waals surface area (Å²) in [5.74, 6) is -0.688. The molecule has 104 valence electrons. The second-order valence-electron chi connectivity index (χ2n) is 4.17. The molecule has 0 atom stereocenters. The molecule has 1 rings (SSSR count). The second kappa shape index (κ2) is 6.78. The molecular weight excluding hydrogens is 249 g/mol. The number of benzene rings is 1. The first-order valence-corrected chi connectivity index (χ1v) is 6.04. The Bertz CT molecular complexity index is 484. The van der Waals surface area contributed by atoms with Crippen LogP contribution in [0.1, 0.15) is 26.3 Å². The van der Waals surface area contributed by atoms with E-state index >= 15 is 0 Å². The van der Waals surface area contributed by atoms with Crippen LogP contribution in [-0.2, 0) is 9.53 Å². The summed E-state index contributed by atoms with van der Waals surface area (Å²) in [6, 6.07) is 4.03. The molecule has 0 radical (unpaired) electrons. The summed E-state index contributed by atoms with van der Waals surface area (Å²) in [6.45, 7) is 5.59. The van der Waals surface area contributed by atoms with E-state index in [0.717, 1.165) is 0 Å². The van der Waals surface area contributed by atoms with Gasteiger partial charge in [-0.2, -0.15) is 0 Å². The van der Waals surface area contributed by atoms with E-state index in [2.05, 4.69) is 0 Å². The lowest BCUT2D eigenvalue weighted by Crippen LogP contribution is -2.14. The first-order valence-electron chi connectivity index (χ1n) is 6.04. The highest BCUT2D eigenvalue weighted by atomic mass is 19.1. The van der Waals surface area contributed by atoms with Crippen LogP contribution in [0.25, 0.3) is 6.08 Å². The maximum Gasteiger partial charge on any atom is 0.354 e. The highest BCUT2D eigenvalue weighted by Crippen LogP contribution is 2.23. The minimum absolute atomic E-state index is 0.0536. The maximum absolute atomic E-state index is 13.2. The van der Waals surface area contributed by atoms with Gasteiger partial charge >= 0.3 is 5.97 Å². The third kappa shape index (κ3) is 4.62. The van der Waals surface area contributed by atoms with Gasteiger partial charge in [-0.05, 0) is 39.0 Å². The van der Waals surface area contributed by atoms with Crippen LogP contribution in [0.4, 0.5) is 4.39 Å². The Hall–Kier alpha value is -2.04. The molecule has 19 heavy (non-hydrogen) atoms. The number of carbonyl (C=O) groups excluding carboxylic acids is 1. The molecule has 0 heterocycles. The van der Waals surface area contributed by atoms with E-state index in [1.165, 1.54) is 24.3 Å². The fraction of sp³-hybridized carbons (Fsp3) is 0.357. The minimum Gasteiger partial charge on any atom is -0.490 e. The minimum atomic E-state index is -0.609. The molecule has 5 heteroatoms. The normalized spacial score (nSPS) is 11.5. The van der Waals surface area contributed by atoms with Crippen LogP contribution in [0, 0.1) is 5.82 Å². The average molecular weight is 267 g/mol. The van der Waals surface area contributed by atoms with Crippen molar-refractivity contribution in [3.63, 3.8) is 0 Å². The fourth-order valence-electron chi connectivity index (χ4n) is 1.42. The average Bonchev–Trinajstić information content (AvgIpc) is 2.32. The molecule has 0 aliphatic carbocycles. The lowest BCUT2D eigenvalue weighted by Gasteiger charge is -2.13. The van der Waals surface area contributed by atoms with E-state index in [1.54, 1.807) is 6.92 Å². The highest BCUT2D eigenvalue weighted by molar-refractivity contribution is 5.93. The quantitative estimate of drug-likeness (QED) is 0.657. The van der Waals surface area contributed by atoms with E-state index in [1.807, 2.05) is 13.8 Å². The predicted molar refractivity (Wildman–Crippen MR) is 71.0 cm³/mol. The van der Waals surface area contributed by atoms with Gasteiger partial charge in [-0.15, -0.1) is 0 Å². The van der Waals surface area contributed by atoms with Crippen LogP contribution in [0.2, 0.25) is 0 Å². The fourth-order valence-corrected chi connectivity index (χ4v) is 1.42. The molecule has 0 unspecified atom stereocenters. The summed E-state index contributed by atoms with van der Waals surface area (Å²) in [5.41, 5.74) is 6.09. The molecule has 0 spiro atoms. The molecule has 4 nitrogen and oxygen atoms in total. The molecule has 0 aliphatic heterocycles. The number of rotatable bonds is 5. The van der Waals surface area contributed by atoms with E-state index < -0.39 is 11.8 Å². The smallest absolute Gasteiger partial charge is 0.354 e. The summed E-state index contributed by atoms with van der Waals surface area (Å²) >= 11 is 0. The van der Waals surface area contributed by atoms with Crippen molar-refractivity contribution in [1.29, 1.82) is 0 Å². The van der Waals surface area contributed by atoms with Crippen LogP contribution in [0.3, 0.4) is 0 Å². The Morgan fingerprint density at radius 1 is 1.47 bits per heavy atom. The van der Waals surface area contributed by atoms with Gasteiger partial charge in [-0.3, -0.25) is 0 Å². The summed E-state index contributed by atoms with van der Waals surface area (Å²) < 4.78 is 23.4. The van der Waals surface area contributed by atoms with E-state index in [0.29, 0.717) is 11.3 Å². The summed E-state index contributed by atoms with van der Waals surface area (Å²) in [6.07, 6.45) is 1.30. The molecule has 0 fully saturated rings. The van der Waals surface area contributed by atoms with E-state index in [-0.39, 0.29) is 18.4 Å². The van der Waals surface area contributed by atoms with Crippen molar-refractivity contribution >= 4 is 12.0 Å². The summed E-state index contributed by atoms with van der Waals surface area (Å²) in [5, 5.41) is 0. The Kier molecular flexibility index (Phi) is 5.36. The molecule has 0 aliphatic rings. The van der Waals surface area contributed by atoms with Crippen LogP contribution in [0.15, 0.2) is 23.9 Å². The molecular formula is C14H18FNO3. The maximum atomic E-state index is 13.2. The molecule has 1 aromatic rings. The first kappa shape index (κ1) is 15.0. The highest BCUT2D eigenvalue weighted by Gasteiger charge is 2.10. The zero-order chi connectivity index (χ0) is 14.4. The topological polar surface area (TPSA) is 61.5 Å². The van der Waals surface area contributed by atoms with E-state index in [4.69, 9.17) is 15.2 Å². The van der Waals surface area contributed by atoms with Gasteiger partial charge in [0.05, 0.1) is 12.7 Å². The zero-order valence-electron chi connectivity index (χ0n) is 11.3. The molecule has 0 bridgehead atoms. The van der Waals surface area contributed by atoms with Gasteiger partial charge < -0.3 is 15.2 Å². The van der Waals surface area contributed by atoms with Crippen molar-refractivity contribution in [2.45, 2.75) is 26.9 Å². The third-order valence-electron chi connectivity index (χ3n) is 2.16. The van der Waals surface area contributed by atoms with Crippen molar-refractivity contribution in [2.24, 2.45) is 5.73 Å². The van der Waals surface area contributed by atoms with Crippen molar-refractivity contribution in [3.05, 3.63) is 35.3 Å². The Labute approximate surface area is 112 Å². The van der Waals surface area contributed by atoms with Gasteiger partial charge in [0.2, 0.25) is 0 Å². The second-order valence-corrected chi connectivity index (χ2v) is 4.17. The third-order valence-corrected chi connectivity index (χ3v) is 2.16. The summed E-state index contributed by atoms with van der Waals surface area (Å²) in [4.78, 5) is 11.4. The summed E-state index contributed by atoms with van der Waals surface area (Å²) in [7, 11) is 0. The Morgan fingerprint density at radius 3 is 2.74 bits per heavy atom. The largest absolute Gasteiger partial charge is 0.490 e. The van der Waals surface area contributed by atoms with Gasteiger partial charge in [0, 0.05) is 11.6 Å².